The number of hydrogen-bond acceptors (Lipinski definition) is 8. The van der Waals surface area contributed by atoms with E-state index >= 15 is 0 Å². The minimum atomic E-state index is -1.57. The van der Waals surface area contributed by atoms with E-state index in [1.807, 2.05) is 6.92 Å². The van der Waals surface area contributed by atoms with E-state index in [1.165, 1.54) is 6.08 Å². The van der Waals surface area contributed by atoms with Gasteiger partial charge >= 0.3 is 0 Å². The van der Waals surface area contributed by atoms with Crippen molar-refractivity contribution in [3.63, 3.8) is 0 Å². The van der Waals surface area contributed by atoms with Crippen LogP contribution in [0, 0.1) is 22.7 Å². The molecule has 0 spiro atoms. The van der Waals surface area contributed by atoms with Crippen LogP contribution in [0.1, 0.15) is 86.0 Å². The molecule has 0 heterocycles. The third kappa shape index (κ3) is 3.70. The summed E-state index contributed by atoms with van der Waals surface area (Å²) in [6.07, 6.45) is -0.101. The van der Waals surface area contributed by atoms with Gasteiger partial charge in [0.2, 0.25) is 0 Å². The van der Waals surface area contributed by atoms with E-state index in [9.17, 15) is 40.5 Å². The largest absolute Gasteiger partial charge is 0.390 e. The van der Waals surface area contributed by atoms with Crippen molar-refractivity contribution in [2.24, 2.45) is 22.7 Å². The Balaban J connectivity index is 1.71. The summed E-state index contributed by atoms with van der Waals surface area (Å²) in [5.41, 5.74) is -7.38. The zero-order valence-corrected chi connectivity index (χ0v) is 21.7. The Morgan fingerprint density at radius 2 is 1.60 bits per heavy atom. The third-order valence-corrected chi connectivity index (χ3v) is 10.7. The first-order valence-electron chi connectivity index (χ1n) is 13.0. The first-order chi connectivity index (χ1) is 15.8. The molecule has 8 heteroatoms. The molecule has 0 radical (unpaired) electrons. The number of allylic oxidation sites excluding steroid dienone is 1. The van der Waals surface area contributed by atoms with Gasteiger partial charge in [-0.3, -0.25) is 4.79 Å². The van der Waals surface area contributed by atoms with Crippen molar-refractivity contribution in [2.45, 2.75) is 127 Å². The fourth-order valence-corrected chi connectivity index (χ4v) is 8.27. The van der Waals surface area contributed by atoms with Crippen LogP contribution in [0.25, 0.3) is 0 Å². The maximum Gasteiger partial charge on any atom is 0.159 e. The molecule has 0 aromatic rings. The summed E-state index contributed by atoms with van der Waals surface area (Å²) in [4.78, 5) is 13.3. The second kappa shape index (κ2) is 8.06. The van der Waals surface area contributed by atoms with Gasteiger partial charge in [0, 0.05) is 16.7 Å². The van der Waals surface area contributed by atoms with Crippen molar-refractivity contribution in [1.82, 2.24) is 0 Å². The molecule has 0 aliphatic heterocycles. The maximum absolute atomic E-state index is 13.3. The van der Waals surface area contributed by atoms with Crippen LogP contribution in [0.15, 0.2) is 11.6 Å². The molecule has 0 saturated heterocycles. The lowest BCUT2D eigenvalue weighted by Gasteiger charge is -2.64. The van der Waals surface area contributed by atoms with Crippen LogP contribution in [0.2, 0.25) is 0 Å². The van der Waals surface area contributed by atoms with Crippen molar-refractivity contribution >= 4 is 5.78 Å². The normalized spacial score (nSPS) is 48.3. The molecule has 8 nitrogen and oxygen atoms in total. The van der Waals surface area contributed by atoms with Gasteiger partial charge in [0.05, 0.1) is 40.7 Å². The van der Waals surface area contributed by atoms with E-state index < -0.39 is 63.4 Å². The fourth-order valence-electron chi connectivity index (χ4n) is 8.27. The molecular weight excluding hydrogens is 452 g/mol. The first-order valence-corrected chi connectivity index (χ1v) is 13.0. The average molecular weight is 497 g/mol. The predicted molar refractivity (Wildman–Crippen MR) is 128 cm³/mol. The molecule has 0 bridgehead atoms. The molecule has 4 rings (SSSR count). The molecule has 200 valence electrons. The average Bonchev–Trinajstić information content (AvgIpc) is 3.02. The van der Waals surface area contributed by atoms with Crippen molar-refractivity contribution in [2.75, 3.05) is 0 Å². The molecule has 7 N–H and O–H groups in total. The van der Waals surface area contributed by atoms with Crippen LogP contribution in [-0.2, 0) is 4.79 Å². The lowest BCUT2D eigenvalue weighted by atomic mass is 9.43. The van der Waals surface area contributed by atoms with Gasteiger partial charge in [-0.1, -0.05) is 13.8 Å². The standard InChI is InChI=1S/C27H44O8/c1-22(2,32)8-7-21(31)25(5,33)19-6-9-26(34)20-13-16(28)15-12-17(29)18(30)14-24(15,4)27(20,35)11-10-23(19,26)3/h13,15,17-19,21,29-35H,6-12,14H2,1-5H3/t15-,17+,18-,19-,21+,23+,24-,25+,26+,27+/m0/s1. The van der Waals surface area contributed by atoms with E-state index in [0.29, 0.717) is 19.3 Å². The third-order valence-electron chi connectivity index (χ3n) is 10.7. The monoisotopic (exact) mass is 496 g/mol. The molecule has 0 unspecified atom stereocenters. The molecule has 3 fully saturated rings. The highest BCUT2D eigenvalue weighted by Crippen LogP contribution is 2.69. The number of ketones is 1. The molecule has 35 heavy (non-hydrogen) atoms. The molecule has 3 saturated carbocycles. The summed E-state index contributed by atoms with van der Waals surface area (Å²) in [6, 6.07) is 0. The molecule has 4 aliphatic rings. The summed E-state index contributed by atoms with van der Waals surface area (Å²) in [5, 5.41) is 77.6. The molecular formula is C27H44O8. The number of carbonyl (C=O) groups excluding carboxylic acids is 1. The molecule has 0 aromatic carbocycles. The lowest BCUT2D eigenvalue weighted by Crippen LogP contribution is -2.70. The molecule has 0 aromatic heterocycles. The van der Waals surface area contributed by atoms with Gasteiger partial charge in [-0.05, 0) is 89.7 Å². The smallest absolute Gasteiger partial charge is 0.159 e. The fraction of sp³-hybridized carbons (Fsp3) is 0.889. The number of carbonyl (C=O) groups is 1. The number of rotatable bonds is 5. The van der Waals surface area contributed by atoms with Crippen molar-refractivity contribution in [3.05, 3.63) is 11.6 Å². The highest BCUT2D eigenvalue weighted by molar-refractivity contribution is 5.95. The van der Waals surface area contributed by atoms with Crippen LogP contribution >= 0.6 is 0 Å². The maximum atomic E-state index is 13.3. The van der Waals surface area contributed by atoms with E-state index in [0.717, 1.165) is 0 Å². The van der Waals surface area contributed by atoms with Crippen LogP contribution in [0.5, 0.6) is 0 Å². The predicted octanol–water partition coefficient (Wildman–Crippen LogP) is 0.969. The van der Waals surface area contributed by atoms with Gasteiger partial charge < -0.3 is 35.7 Å². The second-order valence-corrected chi connectivity index (χ2v) is 13.3. The Kier molecular flexibility index (Phi) is 6.26. The summed E-state index contributed by atoms with van der Waals surface area (Å²) in [5.74, 6) is -1.44. The zero-order valence-electron chi connectivity index (χ0n) is 21.7. The quantitative estimate of drug-likeness (QED) is 0.297. The van der Waals surface area contributed by atoms with Crippen LogP contribution in [0.4, 0.5) is 0 Å². The van der Waals surface area contributed by atoms with E-state index in [2.05, 4.69) is 0 Å². The summed E-state index contributed by atoms with van der Waals surface area (Å²) in [6.45, 7) is 8.50. The van der Waals surface area contributed by atoms with Gasteiger partial charge in [-0.15, -0.1) is 0 Å². The second-order valence-electron chi connectivity index (χ2n) is 13.3. The Hall–Kier alpha value is -0.870. The first kappa shape index (κ1) is 27.2. The summed E-state index contributed by atoms with van der Waals surface area (Å²) in [7, 11) is 0. The minimum Gasteiger partial charge on any atom is -0.390 e. The lowest BCUT2D eigenvalue weighted by molar-refractivity contribution is -0.216. The highest BCUT2D eigenvalue weighted by atomic mass is 16.3. The molecule has 0 amide bonds. The Morgan fingerprint density at radius 1 is 1.00 bits per heavy atom. The van der Waals surface area contributed by atoms with E-state index in [-0.39, 0.29) is 43.5 Å². The number of hydrogen-bond donors (Lipinski definition) is 7. The van der Waals surface area contributed by atoms with Crippen molar-refractivity contribution < 1.29 is 40.5 Å². The molecule has 10 atom stereocenters. The van der Waals surface area contributed by atoms with Crippen LogP contribution in [0.3, 0.4) is 0 Å². The van der Waals surface area contributed by atoms with E-state index in [4.69, 9.17) is 0 Å². The number of aliphatic hydroxyl groups is 7. The number of fused-ring (bicyclic) bond motifs is 5. The van der Waals surface area contributed by atoms with Gasteiger partial charge in [-0.25, -0.2) is 0 Å². The highest BCUT2D eigenvalue weighted by Gasteiger charge is 2.73. The van der Waals surface area contributed by atoms with Crippen molar-refractivity contribution in [1.29, 1.82) is 0 Å². The minimum absolute atomic E-state index is 0.0437. The Bertz CT molecular complexity index is 907. The van der Waals surface area contributed by atoms with Crippen LogP contribution in [-0.4, -0.2) is 82.2 Å². The van der Waals surface area contributed by atoms with Crippen LogP contribution < -0.4 is 0 Å². The SMILES string of the molecule is CC(C)(O)CC[C@@H](O)[C@](C)(O)[C@H]1CC[C@@]2(O)C3=CC(=O)[C@@H]4C[C@@H](O)[C@@H](O)C[C@]4(C)[C@@]3(O)CC[C@]12C. The van der Waals surface area contributed by atoms with Gasteiger partial charge in [-0.2, -0.15) is 0 Å². The molecule has 4 aliphatic carbocycles. The summed E-state index contributed by atoms with van der Waals surface area (Å²) >= 11 is 0. The topological polar surface area (TPSA) is 159 Å². The zero-order chi connectivity index (χ0) is 26.4. The van der Waals surface area contributed by atoms with E-state index in [1.54, 1.807) is 27.7 Å². The van der Waals surface area contributed by atoms with Gasteiger partial charge in [0.1, 0.15) is 0 Å². The number of aliphatic hydroxyl groups excluding tert-OH is 3. The van der Waals surface area contributed by atoms with Gasteiger partial charge in [0.15, 0.2) is 5.78 Å². The Labute approximate surface area is 207 Å². The Morgan fingerprint density at radius 3 is 2.20 bits per heavy atom. The van der Waals surface area contributed by atoms with Gasteiger partial charge in [0.25, 0.3) is 0 Å². The summed E-state index contributed by atoms with van der Waals surface area (Å²) < 4.78 is 0. The van der Waals surface area contributed by atoms with Crippen molar-refractivity contribution in [3.8, 4) is 0 Å².